The minimum Gasteiger partial charge on any atom is -0.491 e. The van der Waals surface area contributed by atoms with Crippen molar-refractivity contribution in [3.8, 4) is 11.5 Å². The summed E-state index contributed by atoms with van der Waals surface area (Å²) in [5.41, 5.74) is 1.06. The summed E-state index contributed by atoms with van der Waals surface area (Å²) in [7, 11) is 0. The summed E-state index contributed by atoms with van der Waals surface area (Å²) in [5, 5.41) is 0. The molecule has 2 fully saturated rings. The largest absolute Gasteiger partial charge is 0.491 e. The van der Waals surface area contributed by atoms with Crippen molar-refractivity contribution in [2.24, 2.45) is 11.8 Å². The summed E-state index contributed by atoms with van der Waals surface area (Å²) in [4.78, 5) is 0. The van der Waals surface area contributed by atoms with Gasteiger partial charge in [-0.05, 0) is 112 Å². The van der Waals surface area contributed by atoms with Crippen LogP contribution in [0, 0.1) is 35.1 Å². The molecular weight excluding hydrogens is 540 g/mol. The van der Waals surface area contributed by atoms with Crippen molar-refractivity contribution in [1.29, 1.82) is 0 Å². The first kappa shape index (κ1) is 34.3. The fourth-order valence-corrected chi connectivity index (χ4v) is 6.87. The van der Waals surface area contributed by atoms with Crippen molar-refractivity contribution < 1.29 is 27.0 Å². The van der Waals surface area contributed by atoms with Crippen LogP contribution in [0.15, 0.2) is 24.3 Å². The van der Waals surface area contributed by atoms with Crippen molar-refractivity contribution in [3.05, 3.63) is 58.7 Å². The molecule has 0 aromatic heterocycles. The number of halogens is 4. The first-order valence-corrected chi connectivity index (χ1v) is 16.6. The zero-order chi connectivity index (χ0) is 30.5. The third-order valence-corrected chi connectivity index (χ3v) is 9.24. The summed E-state index contributed by atoms with van der Waals surface area (Å²) >= 11 is 0. The minimum atomic E-state index is -0.833. The average Bonchev–Trinajstić information content (AvgIpc) is 3.00. The summed E-state index contributed by atoms with van der Waals surface area (Å²) in [6, 6.07) is 6.56. The Bertz CT molecular complexity index is 1070. The standard InChI is InChI=1S/C19H28F2O.C17H24F2O/c1-3-5-6-7-14-8-10-15(11-9-14)16-12-13-17(22-4-2)19(21)18(16)20;1-3-5-12-6-8-13(9-7-12)14-10-11-15(20-4-2)17(19)16(14)18/h12-15H,3-11H2,1-2H3;10-13H,3-9H2,1-2H3. The van der Waals surface area contributed by atoms with E-state index in [9.17, 15) is 17.6 Å². The Morgan fingerprint density at radius 1 is 0.524 bits per heavy atom. The second-order valence-electron chi connectivity index (χ2n) is 12.1. The average molecular weight is 593 g/mol. The van der Waals surface area contributed by atoms with E-state index in [4.69, 9.17) is 9.47 Å². The smallest absolute Gasteiger partial charge is 0.200 e. The monoisotopic (exact) mass is 592 g/mol. The third-order valence-electron chi connectivity index (χ3n) is 9.24. The highest BCUT2D eigenvalue weighted by atomic mass is 19.2. The lowest BCUT2D eigenvalue weighted by Crippen LogP contribution is -2.15. The Morgan fingerprint density at radius 2 is 0.952 bits per heavy atom. The Hall–Kier alpha value is -2.24. The van der Waals surface area contributed by atoms with Gasteiger partial charge in [0.25, 0.3) is 0 Å². The highest BCUT2D eigenvalue weighted by Crippen LogP contribution is 2.41. The van der Waals surface area contributed by atoms with Gasteiger partial charge >= 0.3 is 0 Å². The molecule has 2 saturated carbocycles. The molecule has 2 aliphatic carbocycles. The summed E-state index contributed by atoms with van der Waals surface area (Å²) < 4.78 is 66.5. The van der Waals surface area contributed by atoms with Crippen molar-refractivity contribution in [2.45, 2.75) is 129 Å². The Balaban J connectivity index is 0.000000231. The summed E-state index contributed by atoms with van der Waals surface area (Å²) in [5.74, 6) is -1.17. The molecule has 0 bridgehead atoms. The molecule has 2 aliphatic rings. The molecule has 0 heterocycles. The molecule has 42 heavy (non-hydrogen) atoms. The van der Waals surface area contributed by atoms with Gasteiger partial charge in [0, 0.05) is 0 Å². The lowest BCUT2D eigenvalue weighted by atomic mass is 9.77. The van der Waals surface area contributed by atoms with E-state index in [-0.39, 0.29) is 23.3 Å². The highest BCUT2D eigenvalue weighted by molar-refractivity contribution is 5.34. The van der Waals surface area contributed by atoms with Gasteiger partial charge in [-0.1, -0.05) is 64.5 Å². The fourth-order valence-electron chi connectivity index (χ4n) is 6.87. The molecule has 0 aliphatic heterocycles. The first-order chi connectivity index (χ1) is 20.3. The maximum atomic E-state index is 14.3. The normalized spacial score (nSPS) is 22.3. The third kappa shape index (κ3) is 9.38. The summed E-state index contributed by atoms with van der Waals surface area (Å²) in [6.07, 6.45) is 16.1. The van der Waals surface area contributed by atoms with Crippen LogP contribution in [0.5, 0.6) is 11.5 Å². The topological polar surface area (TPSA) is 18.5 Å². The van der Waals surface area contributed by atoms with Gasteiger partial charge in [0.1, 0.15) is 0 Å². The van der Waals surface area contributed by atoms with E-state index in [2.05, 4.69) is 13.8 Å². The van der Waals surface area contributed by atoms with E-state index in [0.717, 1.165) is 63.2 Å². The highest BCUT2D eigenvalue weighted by Gasteiger charge is 2.27. The van der Waals surface area contributed by atoms with E-state index < -0.39 is 23.3 Å². The predicted octanol–water partition coefficient (Wildman–Crippen LogP) is 11.7. The predicted molar refractivity (Wildman–Crippen MR) is 164 cm³/mol. The van der Waals surface area contributed by atoms with Crippen molar-refractivity contribution in [1.82, 2.24) is 0 Å². The van der Waals surface area contributed by atoms with E-state index in [0.29, 0.717) is 24.3 Å². The zero-order valence-electron chi connectivity index (χ0n) is 26.3. The number of hydrogen-bond donors (Lipinski definition) is 0. The van der Waals surface area contributed by atoms with Gasteiger partial charge < -0.3 is 9.47 Å². The molecule has 0 amide bonds. The van der Waals surface area contributed by atoms with Gasteiger partial charge in [0.05, 0.1) is 13.2 Å². The Morgan fingerprint density at radius 3 is 1.33 bits per heavy atom. The molecule has 2 aromatic rings. The van der Waals surface area contributed by atoms with Crippen LogP contribution in [0.4, 0.5) is 17.6 Å². The fraction of sp³-hybridized carbons (Fsp3) is 0.667. The molecule has 2 aromatic carbocycles. The second kappa shape index (κ2) is 17.8. The molecule has 0 atom stereocenters. The molecule has 0 unspecified atom stereocenters. The molecule has 4 rings (SSSR count). The van der Waals surface area contributed by atoms with Crippen LogP contribution >= 0.6 is 0 Å². The zero-order valence-corrected chi connectivity index (χ0v) is 26.3. The van der Waals surface area contributed by atoms with Crippen LogP contribution in [0.3, 0.4) is 0 Å². The number of benzene rings is 2. The number of ether oxygens (including phenoxy) is 2. The van der Waals surface area contributed by atoms with Gasteiger partial charge in [-0.2, -0.15) is 8.78 Å². The number of rotatable bonds is 12. The molecule has 2 nitrogen and oxygen atoms in total. The molecule has 236 valence electrons. The molecule has 0 spiro atoms. The van der Waals surface area contributed by atoms with Crippen molar-refractivity contribution >= 4 is 0 Å². The van der Waals surface area contributed by atoms with Crippen LogP contribution in [0.1, 0.15) is 141 Å². The van der Waals surface area contributed by atoms with Gasteiger partial charge in [-0.3, -0.25) is 0 Å². The van der Waals surface area contributed by atoms with E-state index in [1.807, 2.05) is 0 Å². The lowest BCUT2D eigenvalue weighted by molar-refractivity contribution is 0.292. The molecule has 0 saturated heterocycles. The van der Waals surface area contributed by atoms with Crippen LogP contribution in [0.2, 0.25) is 0 Å². The SMILES string of the molecule is CCCC1CCC(c2ccc(OCC)c(F)c2F)CC1.CCCCCC1CCC(c2ccc(OCC)c(F)c2F)CC1. The molecule has 0 radical (unpaired) electrons. The van der Waals surface area contributed by atoms with Gasteiger partial charge in [0.15, 0.2) is 23.1 Å². The Labute approximate surface area is 251 Å². The first-order valence-electron chi connectivity index (χ1n) is 16.6. The van der Waals surface area contributed by atoms with Gasteiger partial charge in [-0.15, -0.1) is 0 Å². The van der Waals surface area contributed by atoms with Crippen LogP contribution < -0.4 is 9.47 Å². The maximum absolute atomic E-state index is 14.3. The van der Waals surface area contributed by atoms with Crippen LogP contribution in [0.25, 0.3) is 0 Å². The van der Waals surface area contributed by atoms with Crippen molar-refractivity contribution in [2.75, 3.05) is 13.2 Å². The maximum Gasteiger partial charge on any atom is 0.200 e. The van der Waals surface area contributed by atoms with E-state index in [1.165, 1.54) is 38.5 Å². The van der Waals surface area contributed by atoms with Gasteiger partial charge in [-0.25, -0.2) is 8.78 Å². The van der Waals surface area contributed by atoms with Crippen LogP contribution in [-0.2, 0) is 0 Å². The number of unbranched alkanes of at least 4 members (excludes halogenated alkanes) is 2. The minimum absolute atomic E-state index is 0.0217. The molecule has 6 heteroatoms. The lowest BCUT2D eigenvalue weighted by Gasteiger charge is -2.29. The Kier molecular flexibility index (Phi) is 14.5. The van der Waals surface area contributed by atoms with Gasteiger partial charge in [0.2, 0.25) is 11.6 Å². The summed E-state index contributed by atoms with van der Waals surface area (Å²) in [6.45, 7) is 8.65. The van der Waals surface area contributed by atoms with Crippen LogP contribution in [-0.4, -0.2) is 13.2 Å². The number of hydrogen-bond acceptors (Lipinski definition) is 2. The van der Waals surface area contributed by atoms with Crippen molar-refractivity contribution in [3.63, 3.8) is 0 Å². The van der Waals surface area contributed by atoms with E-state index in [1.54, 1.807) is 38.1 Å². The second-order valence-corrected chi connectivity index (χ2v) is 12.1. The molecular formula is C36H52F4O2. The quantitative estimate of drug-likeness (QED) is 0.180. The molecule has 0 N–H and O–H groups in total. The van der Waals surface area contributed by atoms with E-state index >= 15 is 0 Å².